The number of carbonyl (C=O) groups is 2. The number of hydrogen-bond donors (Lipinski definition) is 4. The highest BCUT2D eigenvalue weighted by Crippen LogP contribution is 2.42. The van der Waals surface area contributed by atoms with Gasteiger partial charge in [0.05, 0.1) is 10.0 Å². The molecule has 4 aromatic heterocycles. The van der Waals surface area contributed by atoms with Gasteiger partial charge in [0.1, 0.15) is 11.3 Å². The predicted octanol–water partition coefficient (Wildman–Crippen LogP) is 4.75. The lowest BCUT2D eigenvalue weighted by Gasteiger charge is -2.15. The first-order valence-corrected chi connectivity index (χ1v) is 18.6. The van der Waals surface area contributed by atoms with Gasteiger partial charge in [-0.25, -0.2) is 9.97 Å². The molecule has 6 heterocycles. The quantitative estimate of drug-likeness (QED) is 0.148. The number of fused-ring (bicyclic) bond motifs is 2. The van der Waals surface area contributed by atoms with Crippen molar-refractivity contribution in [1.29, 1.82) is 0 Å². The number of carbonyl (C=O) groups excluding carboxylic acids is 2. The molecule has 14 heteroatoms. The molecule has 2 aliphatic heterocycles. The summed E-state index contributed by atoms with van der Waals surface area (Å²) in [6, 6.07) is 18.9. The van der Waals surface area contributed by atoms with E-state index in [4.69, 9.17) is 23.2 Å². The Kier molecular flexibility index (Phi) is 9.99. The van der Waals surface area contributed by atoms with Crippen molar-refractivity contribution >= 4 is 46.3 Å². The Balaban J connectivity index is 1.02. The summed E-state index contributed by atoms with van der Waals surface area (Å²) >= 11 is 14.2. The zero-order chi connectivity index (χ0) is 37.3. The summed E-state index contributed by atoms with van der Waals surface area (Å²) in [5.41, 5.74) is 6.23. The maximum Gasteiger partial charge on any atom is 0.262 e. The number of nitrogens with zero attached hydrogens (tertiary/aromatic N) is 4. The van der Waals surface area contributed by atoms with Gasteiger partial charge in [0.15, 0.2) is 0 Å². The lowest BCUT2D eigenvalue weighted by Crippen LogP contribution is -2.36. The molecule has 4 N–H and O–H groups in total. The Morgan fingerprint density at radius 3 is 1.46 bits per heavy atom. The summed E-state index contributed by atoms with van der Waals surface area (Å²) < 4.78 is 3.03. The van der Waals surface area contributed by atoms with Gasteiger partial charge in [-0.05, 0) is 48.2 Å². The lowest BCUT2D eigenvalue weighted by molar-refractivity contribution is -0.120. The zero-order valence-corrected chi connectivity index (χ0v) is 30.6. The third kappa shape index (κ3) is 7.13. The Morgan fingerprint density at radius 2 is 1.06 bits per heavy atom. The zero-order valence-electron chi connectivity index (χ0n) is 29.1. The van der Waals surface area contributed by atoms with Gasteiger partial charge in [-0.15, -0.1) is 0 Å². The topological polar surface area (TPSA) is 151 Å². The van der Waals surface area contributed by atoms with E-state index in [1.54, 1.807) is 24.8 Å². The molecule has 0 aliphatic carbocycles. The van der Waals surface area contributed by atoms with E-state index >= 15 is 0 Å². The minimum Gasteiger partial charge on any atom is -0.352 e. The molecule has 2 amide bonds. The number of amides is 2. The molecule has 2 fully saturated rings. The first kappa shape index (κ1) is 35.6. The molecule has 0 spiro atoms. The molecular formula is C40H36Cl2N8O4. The largest absolute Gasteiger partial charge is 0.352 e. The second-order valence-electron chi connectivity index (χ2n) is 13.7. The van der Waals surface area contributed by atoms with Crippen LogP contribution < -0.4 is 32.4 Å². The van der Waals surface area contributed by atoms with E-state index in [-0.39, 0.29) is 35.0 Å². The number of halogens is 2. The van der Waals surface area contributed by atoms with Gasteiger partial charge < -0.3 is 21.3 Å². The Morgan fingerprint density at radius 1 is 0.630 bits per heavy atom. The van der Waals surface area contributed by atoms with Gasteiger partial charge in [-0.2, -0.15) is 0 Å². The molecule has 0 radical (unpaired) electrons. The third-order valence-corrected chi connectivity index (χ3v) is 10.9. The average molecular weight is 764 g/mol. The number of pyridine rings is 2. The number of rotatable bonds is 11. The van der Waals surface area contributed by atoms with Crippen molar-refractivity contribution in [2.24, 2.45) is 0 Å². The van der Waals surface area contributed by atoms with E-state index in [0.717, 1.165) is 46.2 Å². The van der Waals surface area contributed by atoms with Gasteiger partial charge >= 0.3 is 0 Å². The molecule has 8 rings (SSSR count). The number of nitrogens with one attached hydrogen (secondary N) is 4. The van der Waals surface area contributed by atoms with Gasteiger partial charge in [0.25, 0.3) is 11.1 Å². The SMILES string of the molecule is O=C1CC[C@H](CNCc2cnc3cc(-c4cccc(-c5cccc(-c6ccn7c(=O)c(CNC[C@@H]8CCC(=O)N8)cnc7c6)c5Cl)c4Cl)ccn3c2=O)N1. The second kappa shape index (κ2) is 15.2. The third-order valence-electron chi connectivity index (χ3n) is 10.1. The summed E-state index contributed by atoms with van der Waals surface area (Å²) in [7, 11) is 0. The maximum atomic E-state index is 13.3. The van der Waals surface area contributed by atoms with Crippen LogP contribution >= 0.6 is 23.2 Å². The van der Waals surface area contributed by atoms with Gasteiger partial charge in [0.2, 0.25) is 11.8 Å². The highest BCUT2D eigenvalue weighted by molar-refractivity contribution is 6.39. The van der Waals surface area contributed by atoms with Crippen molar-refractivity contribution < 1.29 is 9.59 Å². The van der Waals surface area contributed by atoms with Gasteiger partial charge in [-0.1, -0.05) is 59.6 Å². The first-order chi connectivity index (χ1) is 26.2. The molecule has 2 aromatic carbocycles. The van der Waals surface area contributed by atoms with Crippen molar-refractivity contribution in [2.45, 2.75) is 50.9 Å². The molecular weight excluding hydrogens is 727 g/mol. The van der Waals surface area contributed by atoms with Crippen LogP contribution in [-0.4, -0.2) is 55.8 Å². The van der Waals surface area contributed by atoms with E-state index in [1.165, 1.54) is 8.80 Å². The Bertz CT molecular complexity index is 2390. The fourth-order valence-corrected chi connectivity index (χ4v) is 7.83. The Labute approximate surface area is 319 Å². The van der Waals surface area contributed by atoms with Crippen LogP contribution in [0, 0.1) is 0 Å². The van der Waals surface area contributed by atoms with Crippen LogP contribution in [0.1, 0.15) is 36.8 Å². The summed E-state index contributed by atoms with van der Waals surface area (Å²) in [6.07, 6.45) is 9.19. The summed E-state index contributed by atoms with van der Waals surface area (Å²) in [5, 5.41) is 13.3. The second-order valence-corrected chi connectivity index (χ2v) is 14.4. The molecule has 2 atom stereocenters. The molecule has 12 nitrogen and oxygen atoms in total. The van der Waals surface area contributed by atoms with Gasteiger partial charge in [0, 0.05) is 109 Å². The van der Waals surface area contributed by atoms with Crippen molar-refractivity contribution in [1.82, 2.24) is 40.0 Å². The van der Waals surface area contributed by atoms with Crippen LogP contribution in [-0.2, 0) is 22.7 Å². The smallest absolute Gasteiger partial charge is 0.262 e. The van der Waals surface area contributed by atoms with Crippen molar-refractivity contribution in [3.8, 4) is 33.4 Å². The van der Waals surface area contributed by atoms with Crippen LogP contribution in [0.4, 0.5) is 0 Å². The molecule has 6 aromatic rings. The van der Waals surface area contributed by atoms with Crippen molar-refractivity contribution in [3.05, 3.63) is 127 Å². The predicted molar refractivity (Wildman–Crippen MR) is 209 cm³/mol. The molecule has 54 heavy (non-hydrogen) atoms. The summed E-state index contributed by atoms with van der Waals surface area (Å²) in [4.78, 5) is 58.7. The van der Waals surface area contributed by atoms with Crippen LogP contribution in [0.2, 0.25) is 10.0 Å². The minimum absolute atomic E-state index is 0.0552. The number of benzene rings is 2. The standard InChI is InChI=1S/C40H36Cl2N8O4/c41-37-29(23-11-13-49-33(15-23)45-19-25(39(49)53)17-43-21-27-7-9-35(51)47-27)3-1-5-31(37)32-6-2-4-30(38(32)42)24-12-14-50-34(16-24)46-20-26(40(50)54)18-44-22-28-8-10-36(52)48-28/h1-6,11-16,19-20,27-28,43-44H,7-10,17-18,21-22H2,(H,47,51)(H,48,52)/t27-,28+. The van der Waals surface area contributed by atoms with Crippen LogP contribution in [0.25, 0.3) is 44.7 Å². The van der Waals surface area contributed by atoms with E-state index < -0.39 is 0 Å². The normalized spacial score (nSPS) is 17.0. The number of aromatic nitrogens is 4. The fraction of sp³-hybridized carbons (Fsp3) is 0.250. The van der Waals surface area contributed by atoms with E-state index in [2.05, 4.69) is 31.2 Å². The molecule has 0 unspecified atom stereocenters. The highest BCUT2D eigenvalue weighted by atomic mass is 35.5. The summed E-state index contributed by atoms with van der Waals surface area (Å²) in [6.45, 7) is 1.85. The fourth-order valence-electron chi connectivity index (χ4n) is 7.15. The number of hydrogen-bond acceptors (Lipinski definition) is 8. The molecule has 274 valence electrons. The molecule has 0 saturated carbocycles. The van der Waals surface area contributed by atoms with E-state index in [9.17, 15) is 19.2 Å². The van der Waals surface area contributed by atoms with Crippen LogP contribution in [0.3, 0.4) is 0 Å². The van der Waals surface area contributed by atoms with Crippen LogP contribution in [0.5, 0.6) is 0 Å². The van der Waals surface area contributed by atoms with Gasteiger partial charge in [-0.3, -0.25) is 28.0 Å². The monoisotopic (exact) mass is 762 g/mol. The lowest BCUT2D eigenvalue weighted by atomic mass is 9.96. The molecule has 2 aliphatic rings. The van der Waals surface area contributed by atoms with Crippen LogP contribution in [0.15, 0.2) is 95.0 Å². The van der Waals surface area contributed by atoms with Crippen molar-refractivity contribution in [3.63, 3.8) is 0 Å². The van der Waals surface area contributed by atoms with E-state index in [1.807, 2.05) is 60.7 Å². The molecule has 0 bridgehead atoms. The molecule has 2 saturated heterocycles. The maximum absolute atomic E-state index is 13.3. The summed E-state index contributed by atoms with van der Waals surface area (Å²) in [5.74, 6) is 0.110. The Hall–Kier alpha value is -5.40. The van der Waals surface area contributed by atoms with E-state index in [0.29, 0.717) is 71.5 Å². The van der Waals surface area contributed by atoms with Crippen molar-refractivity contribution in [2.75, 3.05) is 13.1 Å². The highest BCUT2D eigenvalue weighted by Gasteiger charge is 2.22. The first-order valence-electron chi connectivity index (χ1n) is 17.8. The minimum atomic E-state index is -0.170. The average Bonchev–Trinajstić information content (AvgIpc) is 3.80.